The first kappa shape index (κ1) is 11.5. The average Bonchev–Trinajstić information content (AvgIpc) is 2.62. The lowest BCUT2D eigenvalue weighted by Gasteiger charge is -2.46. The van der Waals surface area contributed by atoms with Crippen molar-refractivity contribution < 1.29 is 8.78 Å². The molecule has 1 aromatic heterocycles. The van der Waals surface area contributed by atoms with E-state index in [0.717, 1.165) is 5.56 Å². The van der Waals surface area contributed by atoms with Gasteiger partial charge in [-0.1, -0.05) is 0 Å². The molecule has 1 aliphatic carbocycles. The second-order valence-electron chi connectivity index (χ2n) is 5.00. The number of halogens is 2. The quantitative estimate of drug-likeness (QED) is 0.862. The summed E-state index contributed by atoms with van der Waals surface area (Å²) >= 11 is 0. The molecule has 0 aromatic carbocycles. The number of rotatable bonds is 3. The Balaban J connectivity index is 2.22. The van der Waals surface area contributed by atoms with Crippen molar-refractivity contribution in [3.63, 3.8) is 0 Å². The molecule has 1 fully saturated rings. The highest BCUT2D eigenvalue weighted by Crippen LogP contribution is 2.52. The molecule has 0 atom stereocenters. The molecule has 2 N–H and O–H groups in total. The van der Waals surface area contributed by atoms with Gasteiger partial charge in [-0.15, -0.1) is 0 Å². The van der Waals surface area contributed by atoms with Crippen molar-refractivity contribution in [3.8, 4) is 0 Å². The average molecular weight is 229 g/mol. The smallest absolute Gasteiger partial charge is 0.250 e. The van der Waals surface area contributed by atoms with Gasteiger partial charge in [0, 0.05) is 37.0 Å². The van der Waals surface area contributed by atoms with Crippen LogP contribution in [0.1, 0.15) is 38.3 Å². The van der Waals surface area contributed by atoms with E-state index in [1.54, 1.807) is 10.9 Å². The zero-order valence-electron chi connectivity index (χ0n) is 9.58. The molecule has 16 heavy (non-hydrogen) atoms. The maximum Gasteiger partial charge on any atom is 0.250 e. The Morgan fingerprint density at radius 1 is 1.50 bits per heavy atom. The van der Waals surface area contributed by atoms with E-state index in [2.05, 4.69) is 5.10 Å². The summed E-state index contributed by atoms with van der Waals surface area (Å²) in [6, 6.07) is 0.240. The van der Waals surface area contributed by atoms with Crippen LogP contribution in [0.5, 0.6) is 0 Å². The Morgan fingerprint density at radius 3 is 2.50 bits per heavy atom. The fourth-order valence-corrected chi connectivity index (χ4v) is 2.30. The third-order valence-corrected chi connectivity index (χ3v) is 3.33. The van der Waals surface area contributed by atoms with Crippen molar-refractivity contribution in [1.82, 2.24) is 9.78 Å². The van der Waals surface area contributed by atoms with Crippen LogP contribution in [-0.2, 0) is 5.41 Å². The molecule has 0 amide bonds. The van der Waals surface area contributed by atoms with Crippen LogP contribution in [0.4, 0.5) is 8.78 Å². The Hall–Kier alpha value is -0.970. The van der Waals surface area contributed by atoms with E-state index in [1.807, 2.05) is 20.0 Å². The molecular formula is C11H17F2N3. The monoisotopic (exact) mass is 229 g/mol. The minimum Gasteiger partial charge on any atom is -0.330 e. The summed E-state index contributed by atoms with van der Waals surface area (Å²) in [5.41, 5.74) is 5.92. The topological polar surface area (TPSA) is 43.8 Å². The number of aromatic nitrogens is 2. The summed E-state index contributed by atoms with van der Waals surface area (Å²) in [5, 5.41) is 4.18. The number of nitrogens with two attached hydrogens (primary N) is 1. The Bertz CT molecular complexity index is 376. The van der Waals surface area contributed by atoms with Gasteiger partial charge in [0.1, 0.15) is 0 Å². The molecular weight excluding hydrogens is 212 g/mol. The van der Waals surface area contributed by atoms with Crippen LogP contribution >= 0.6 is 0 Å². The molecule has 1 heterocycles. The Labute approximate surface area is 93.6 Å². The number of hydrogen-bond acceptors (Lipinski definition) is 2. The van der Waals surface area contributed by atoms with Gasteiger partial charge in [0.25, 0.3) is 0 Å². The van der Waals surface area contributed by atoms with Crippen LogP contribution < -0.4 is 5.73 Å². The summed E-state index contributed by atoms with van der Waals surface area (Å²) in [6.45, 7) is 4.26. The van der Waals surface area contributed by atoms with E-state index in [9.17, 15) is 8.78 Å². The highest BCUT2D eigenvalue weighted by molar-refractivity contribution is 5.27. The molecule has 0 spiro atoms. The lowest BCUT2D eigenvalue weighted by Crippen LogP contribution is -2.53. The van der Waals surface area contributed by atoms with Crippen molar-refractivity contribution in [2.75, 3.05) is 6.54 Å². The van der Waals surface area contributed by atoms with Gasteiger partial charge in [0.15, 0.2) is 0 Å². The maximum atomic E-state index is 13.0. The van der Waals surface area contributed by atoms with Crippen molar-refractivity contribution in [1.29, 1.82) is 0 Å². The van der Waals surface area contributed by atoms with Gasteiger partial charge in [-0.2, -0.15) is 5.10 Å². The van der Waals surface area contributed by atoms with E-state index in [0.29, 0.717) is 0 Å². The molecule has 1 aromatic rings. The van der Waals surface area contributed by atoms with Crippen LogP contribution in [0.15, 0.2) is 12.4 Å². The lowest BCUT2D eigenvalue weighted by molar-refractivity contribution is -0.123. The molecule has 3 nitrogen and oxygen atoms in total. The summed E-state index contributed by atoms with van der Waals surface area (Å²) in [4.78, 5) is 0. The van der Waals surface area contributed by atoms with Crippen molar-refractivity contribution >= 4 is 0 Å². The van der Waals surface area contributed by atoms with E-state index in [-0.39, 0.29) is 25.4 Å². The third kappa shape index (κ3) is 1.73. The molecule has 1 aliphatic rings. The molecule has 0 radical (unpaired) electrons. The molecule has 0 saturated heterocycles. The van der Waals surface area contributed by atoms with Crippen LogP contribution in [0.2, 0.25) is 0 Å². The second kappa shape index (κ2) is 3.52. The maximum absolute atomic E-state index is 13.0. The van der Waals surface area contributed by atoms with Gasteiger partial charge in [0.05, 0.1) is 6.20 Å². The van der Waals surface area contributed by atoms with E-state index in [1.165, 1.54) is 0 Å². The standard InChI is InChI=1S/C11H17F2N3/c1-8(2)16-4-9(3-15-16)10(7-14)5-11(12,13)6-10/h3-4,8H,5-7,14H2,1-2H3. The number of nitrogens with zero attached hydrogens (tertiary/aromatic N) is 2. The molecule has 1 saturated carbocycles. The fourth-order valence-electron chi connectivity index (χ4n) is 2.30. The Morgan fingerprint density at radius 2 is 2.12 bits per heavy atom. The van der Waals surface area contributed by atoms with E-state index in [4.69, 9.17) is 5.73 Å². The zero-order valence-corrected chi connectivity index (χ0v) is 9.58. The number of alkyl halides is 2. The SMILES string of the molecule is CC(C)n1cc(C2(CN)CC(F)(F)C2)cn1. The minimum atomic E-state index is -2.56. The highest BCUT2D eigenvalue weighted by Gasteiger charge is 2.56. The Kier molecular flexibility index (Phi) is 2.53. The molecule has 5 heteroatoms. The molecule has 2 rings (SSSR count). The predicted molar refractivity (Wildman–Crippen MR) is 57.5 cm³/mol. The fraction of sp³-hybridized carbons (Fsp3) is 0.727. The first-order chi connectivity index (χ1) is 7.38. The van der Waals surface area contributed by atoms with Gasteiger partial charge in [-0.3, -0.25) is 4.68 Å². The molecule has 0 aliphatic heterocycles. The van der Waals surface area contributed by atoms with Crippen molar-refractivity contribution in [2.45, 2.75) is 44.1 Å². The first-order valence-corrected chi connectivity index (χ1v) is 5.51. The first-order valence-electron chi connectivity index (χ1n) is 5.51. The van der Waals surface area contributed by atoms with Crippen LogP contribution in [0.25, 0.3) is 0 Å². The van der Waals surface area contributed by atoms with Gasteiger partial charge in [-0.25, -0.2) is 8.78 Å². The minimum absolute atomic E-state index is 0.152. The molecule has 90 valence electrons. The predicted octanol–water partition coefficient (Wildman–Crippen LogP) is 2.09. The van der Waals surface area contributed by atoms with Crippen LogP contribution in [0, 0.1) is 0 Å². The van der Waals surface area contributed by atoms with Crippen LogP contribution in [-0.4, -0.2) is 22.2 Å². The summed E-state index contributed by atoms with van der Waals surface area (Å²) in [6.07, 6.45) is 3.20. The highest BCUT2D eigenvalue weighted by atomic mass is 19.3. The van der Waals surface area contributed by atoms with Gasteiger partial charge < -0.3 is 5.73 Å². The second-order valence-corrected chi connectivity index (χ2v) is 5.00. The third-order valence-electron chi connectivity index (χ3n) is 3.33. The van der Waals surface area contributed by atoms with Crippen molar-refractivity contribution in [3.05, 3.63) is 18.0 Å². The summed E-state index contributed by atoms with van der Waals surface area (Å²) in [5.74, 6) is -2.56. The summed E-state index contributed by atoms with van der Waals surface area (Å²) < 4.78 is 27.8. The zero-order chi connectivity index (χ0) is 12.0. The van der Waals surface area contributed by atoms with Crippen molar-refractivity contribution in [2.24, 2.45) is 5.73 Å². The molecule has 0 bridgehead atoms. The van der Waals surface area contributed by atoms with E-state index >= 15 is 0 Å². The largest absolute Gasteiger partial charge is 0.330 e. The lowest BCUT2D eigenvalue weighted by atomic mass is 9.63. The van der Waals surface area contributed by atoms with Crippen LogP contribution in [0.3, 0.4) is 0 Å². The van der Waals surface area contributed by atoms with Gasteiger partial charge in [0.2, 0.25) is 5.92 Å². The van der Waals surface area contributed by atoms with Gasteiger partial charge in [-0.05, 0) is 19.4 Å². The summed E-state index contributed by atoms with van der Waals surface area (Å²) in [7, 11) is 0. The number of hydrogen-bond donors (Lipinski definition) is 1. The normalized spacial score (nSPS) is 22.1. The van der Waals surface area contributed by atoms with Gasteiger partial charge >= 0.3 is 0 Å². The van der Waals surface area contributed by atoms with E-state index < -0.39 is 11.3 Å². The molecule has 0 unspecified atom stereocenters.